The van der Waals surface area contributed by atoms with E-state index in [2.05, 4.69) is 10.3 Å². The molecule has 0 aromatic heterocycles. The number of nitrogens with zero attached hydrogens (tertiary/aromatic N) is 2. The quantitative estimate of drug-likeness (QED) is 0.872. The van der Waals surface area contributed by atoms with E-state index in [1.54, 1.807) is 11.9 Å². The maximum absolute atomic E-state index is 12.8. The van der Waals surface area contributed by atoms with E-state index in [0.29, 0.717) is 11.0 Å². The van der Waals surface area contributed by atoms with Crippen molar-refractivity contribution in [3.05, 3.63) is 34.9 Å². The number of hydrogen-bond acceptors (Lipinski definition) is 3. The molecule has 3 rings (SSSR count). The van der Waals surface area contributed by atoms with Gasteiger partial charge in [-0.2, -0.15) is 0 Å². The maximum atomic E-state index is 12.8. The van der Waals surface area contributed by atoms with Crippen molar-refractivity contribution < 1.29 is 9.53 Å². The molecule has 1 aromatic rings. The van der Waals surface area contributed by atoms with E-state index in [-0.39, 0.29) is 24.2 Å². The molecular formula is C18H24ClN3O2. The van der Waals surface area contributed by atoms with Crippen molar-refractivity contribution in [3.8, 4) is 0 Å². The summed E-state index contributed by atoms with van der Waals surface area (Å²) in [5, 5.41) is 3.82. The lowest BCUT2D eigenvalue weighted by atomic mass is 9.96. The zero-order chi connectivity index (χ0) is 17.1. The van der Waals surface area contributed by atoms with Crippen LogP contribution in [0.3, 0.4) is 0 Å². The lowest BCUT2D eigenvalue weighted by molar-refractivity contribution is 0.188. The lowest BCUT2D eigenvalue weighted by Gasteiger charge is -2.27. The number of nitrogens with one attached hydrogen (secondary N) is 1. The molecule has 130 valence electrons. The van der Waals surface area contributed by atoms with E-state index in [0.717, 1.165) is 18.4 Å². The predicted octanol–water partition coefficient (Wildman–Crippen LogP) is 4.13. The highest BCUT2D eigenvalue weighted by molar-refractivity contribution is 6.30. The van der Waals surface area contributed by atoms with E-state index in [4.69, 9.17) is 16.3 Å². The molecule has 1 N–H and O–H groups in total. The van der Waals surface area contributed by atoms with E-state index >= 15 is 0 Å². The van der Waals surface area contributed by atoms with Gasteiger partial charge in [0.1, 0.15) is 6.10 Å². The number of amidine groups is 1. The minimum absolute atomic E-state index is 0.119. The van der Waals surface area contributed by atoms with Crippen molar-refractivity contribution in [2.45, 2.75) is 57.2 Å². The first kappa shape index (κ1) is 17.1. The Kier molecular flexibility index (Phi) is 5.29. The number of rotatable bonds is 2. The molecule has 2 atom stereocenters. The fraction of sp³-hybridized carbons (Fsp3) is 0.556. The fourth-order valence-electron chi connectivity index (χ4n) is 3.50. The van der Waals surface area contributed by atoms with Gasteiger partial charge in [-0.15, -0.1) is 0 Å². The van der Waals surface area contributed by atoms with E-state index in [9.17, 15) is 4.79 Å². The summed E-state index contributed by atoms with van der Waals surface area (Å²) >= 11 is 5.96. The van der Waals surface area contributed by atoms with Crippen LogP contribution in [0.25, 0.3) is 0 Å². The first-order valence-electron chi connectivity index (χ1n) is 8.59. The Morgan fingerprint density at radius 2 is 1.92 bits per heavy atom. The van der Waals surface area contributed by atoms with Crippen molar-refractivity contribution in [3.63, 3.8) is 0 Å². The fourth-order valence-corrected chi connectivity index (χ4v) is 3.63. The molecule has 1 aliphatic carbocycles. The highest BCUT2D eigenvalue weighted by Gasteiger charge is 2.42. The largest absolute Gasteiger partial charge is 0.454 e. The van der Waals surface area contributed by atoms with Crippen LogP contribution in [-0.2, 0) is 4.74 Å². The van der Waals surface area contributed by atoms with Gasteiger partial charge in [-0.05, 0) is 37.5 Å². The highest BCUT2D eigenvalue weighted by Crippen LogP contribution is 2.33. The zero-order valence-electron chi connectivity index (χ0n) is 14.2. The number of halogens is 1. The molecule has 5 nitrogen and oxygen atoms in total. The van der Waals surface area contributed by atoms with Gasteiger partial charge in [0.05, 0.1) is 6.04 Å². The molecule has 1 saturated heterocycles. The molecule has 2 aliphatic rings. The SMILES string of the molecule is C/N=C1/O[C@@H](c2ccc(Cl)cc2)[C@H](C)N1C(=O)NC1CCCCC1. The Bertz CT molecular complexity index is 611. The third-order valence-electron chi connectivity index (χ3n) is 4.83. The number of urea groups is 1. The Morgan fingerprint density at radius 3 is 2.54 bits per heavy atom. The third-order valence-corrected chi connectivity index (χ3v) is 5.08. The van der Waals surface area contributed by atoms with Crippen molar-refractivity contribution >= 4 is 23.7 Å². The molecule has 1 saturated carbocycles. The normalized spacial score (nSPS) is 26.5. The predicted molar refractivity (Wildman–Crippen MR) is 95.3 cm³/mol. The molecule has 0 radical (unpaired) electrons. The van der Waals surface area contributed by atoms with Gasteiger partial charge in [-0.3, -0.25) is 0 Å². The summed E-state index contributed by atoms with van der Waals surface area (Å²) in [7, 11) is 1.65. The second-order valence-electron chi connectivity index (χ2n) is 6.49. The van der Waals surface area contributed by atoms with Crippen molar-refractivity contribution in [2.75, 3.05) is 7.05 Å². The lowest BCUT2D eigenvalue weighted by Crippen LogP contribution is -2.49. The van der Waals surface area contributed by atoms with E-state index in [1.807, 2.05) is 31.2 Å². The standard InChI is InChI=1S/C18H24ClN3O2/c1-12-16(13-8-10-14(19)11-9-13)24-18(20-2)22(12)17(23)21-15-6-4-3-5-7-15/h8-12,15-16H,3-7H2,1-2H3,(H,21,23)/b20-18+/t12-,16+/m0/s1. The molecule has 2 amide bonds. The Balaban J connectivity index is 1.74. The van der Waals surface area contributed by atoms with Gasteiger partial charge in [0, 0.05) is 18.1 Å². The van der Waals surface area contributed by atoms with Gasteiger partial charge >= 0.3 is 6.03 Å². The highest BCUT2D eigenvalue weighted by atomic mass is 35.5. The van der Waals surface area contributed by atoms with Crippen LogP contribution >= 0.6 is 11.6 Å². The van der Waals surface area contributed by atoms with E-state index in [1.165, 1.54) is 19.3 Å². The number of ether oxygens (including phenoxy) is 1. The minimum atomic E-state index is -0.238. The van der Waals surface area contributed by atoms with Gasteiger partial charge in [-0.25, -0.2) is 14.7 Å². The Labute approximate surface area is 148 Å². The number of carbonyl (C=O) groups excluding carboxylic acids is 1. The number of aliphatic imine (C=N–C) groups is 1. The third kappa shape index (κ3) is 3.51. The van der Waals surface area contributed by atoms with Gasteiger partial charge in [0.25, 0.3) is 6.02 Å². The summed E-state index contributed by atoms with van der Waals surface area (Å²) in [6, 6.07) is 7.90. The molecule has 0 bridgehead atoms. The number of amides is 2. The second kappa shape index (κ2) is 7.43. The molecule has 1 heterocycles. The van der Waals surface area contributed by atoms with Crippen LogP contribution in [0.1, 0.15) is 50.7 Å². The summed E-state index contributed by atoms with van der Waals surface area (Å²) in [4.78, 5) is 18.6. The minimum Gasteiger partial charge on any atom is -0.454 e. The molecule has 1 aromatic carbocycles. The molecular weight excluding hydrogens is 326 g/mol. The summed E-state index contributed by atoms with van der Waals surface area (Å²) in [6.07, 6.45) is 5.48. The smallest absolute Gasteiger partial charge is 0.326 e. The second-order valence-corrected chi connectivity index (χ2v) is 6.93. The average molecular weight is 350 g/mol. The van der Waals surface area contributed by atoms with Crippen LogP contribution in [-0.4, -0.2) is 36.1 Å². The van der Waals surface area contributed by atoms with Crippen molar-refractivity contribution in [1.82, 2.24) is 10.2 Å². The van der Waals surface area contributed by atoms with Gasteiger partial charge in [0.2, 0.25) is 0 Å². The number of carbonyl (C=O) groups is 1. The molecule has 2 fully saturated rings. The van der Waals surface area contributed by atoms with Crippen LogP contribution in [0.15, 0.2) is 29.3 Å². The van der Waals surface area contributed by atoms with E-state index < -0.39 is 0 Å². The molecule has 0 spiro atoms. The first-order chi connectivity index (χ1) is 11.6. The first-order valence-corrected chi connectivity index (χ1v) is 8.96. The van der Waals surface area contributed by atoms with Crippen LogP contribution in [0.2, 0.25) is 5.02 Å². The molecule has 6 heteroatoms. The van der Waals surface area contributed by atoms with Crippen LogP contribution in [0, 0.1) is 0 Å². The number of benzene rings is 1. The average Bonchev–Trinajstić information content (AvgIpc) is 2.93. The monoisotopic (exact) mass is 349 g/mol. The molecule has 0 unspecified atom stereocenters. The maximum Gasteiger partial charge on any atom is 0.326 e. The van der Waals surface area contributed by atoms with Crippen LogP contribution in [0.5, 0.6) is 0 Å². The Morgan fingerprint density at radius 1 is 1.25 bits per heavy atom. The van der Waals surface area contributed by atoms with Crippen LogP contribution < -0.4 is 5.32 Å². The molecule has 1 aliphatic heterocycles. The topological polar surface area (TPSA) is 53.9 Å². The summed E-state index contributed by atoms with van der Waals surface area (Å²) in [5.41, 5.74) is 0.987. The summed E-state index contributed by atoms with van der Waals surface area (Å²) in [5.74, 6) is 0. The Hall–Kier alpha value is -1.75. The van der Waals surface area contributed by atoms with Crippen LogP contribution in [0.4, 0.5) is 4.79 Å². The molecule has 24 heavy (non-hydrogen) atoms. The van der Waals surface area contributed by atoms with Crippen molar-refractivity contribution in [2.24, 2.45) is 4.99 Å². The van der Waals surface area contributed by atoms with Gasteiger partial charge < -0.3 is 10.1 Å². The summed E-state index contributed by atoms with van der Waals surface area (Å²) < 4.78 is 5.94. The van der Waals surface area contributed by atoms with Gasteiger partial charge in [-0.1, -0.05) is 43.0 Å². The number of hydrogen-bond donors (Lipinski definition) is 1. The van der Waals surface area contributed by atoms with Gasteiger partial charge in [0.15, 0.2) is 0 Å². The zero-order valence-corrected chi connectivity index (χ0v) is 14.9. The summed E-state index contributed by atoms with van der Waals surface area (Å²) in [6.45, 7) is 1.98. The van der Waals surface area contributed by atoms with Crippen molar-refractivity contribution in [1.29, 1.82) is 0 Å².